The minimum atomic E-state index is 0.0608. The van der Waals surface area contributed by atoms with E-state index in [4.69, 9.17) is 5.73 Å². The van der Waals surface area contributed by atoms with Gasteiger partial charge in [-0.1, -0.05) is 6.42 Å². The maximum Gasteiger partial charge on any atom is 0.226 e. The fraction of sp³-hybridized carbons (Fsp3) is 0.917. The van der Waals surface area contributed by atoms with Gasteiger partial charge in [-0.25, -0.2) is 0 Å². The number of rotatable bonds is 2. The van der Waals surface area contributed by atoms with Crippen LogP contribution < -0.4 is 5.73 Å². The number of carbonyl (C=O) groups is 1. The van der Waals surface area contributed by atoms with Crippen LogP contribution in [0.2, 0.25) is 0 Å². The summed E-state index contributed by atoms with van der Waals surface area (Å²) >= 11 is 0. The SMILES string of the molecule is NC1CCCC(C(=O)N2CCCC2CO)C1. The highest BCUT2D eigenvalue weighted by molar-refractivity contribution is 5.79. The van der Waals surface area contributed by atoms with Crippen molar-refractivity contribution in [1.29, 1.82) is 0 Å². The highest BCUT2D eigenvalue weighted by Gasteiger charge is 2.34. The average Bonchev–Trinajstić information content (AvgIpc) is 2.76. The van der Waals surface area contributed by atoms with Crippen molar-refractivity contribution in [3.05, 3.63) is 0 Å². The van der Waals surface area contributed by atoms with Crippen LogP contribution >= 0.6 is 0 Å². The largest absolute Gasteiger partial charge is 0.394 e. The molecule has 0 aromatic heterocycles. The summed E-state index contributed by atoms with van der Waals surface area (Å²) in [6, 6.07) is 0.253. The number of hydrogen-bond acceptors (Lipinski definition) is 3. The minimum absolute atomic E-state index is 0.0608. The van der Waals surface area contributed by atoms with Crippen LogP contribution in [0.3, 0.4) is 0 Å². The Morgan fingerprint density at radius 1 is 1.31 bits per heavy atom. The van der Waals surface area contributed by atoms with Gasteiger partial charge in [-0.2, -0.15) is 0 Å². The summed E-state index contributed by atoms with van der Waals surface area (Å²) in [5.41, 5.74) is 5.91. The molecule has 2 aliphatic rings. The van der Waals surface area contributed by atoms with Crippen molar-refractivity contribution in [2.75, 3.05) is 13.2 Å². The molecule has 0 spiro atoms. The maximum absolute atomic E-state index is 12.3. The zero-order chi connectivity index (χ0) is 11.5. The molecule has 1 aliphatic carbocycles. The Balaban J connectivity index is 1.95. The zero-order valence-corrected chi connectivity index (χ0v) is 9.77. The van der Waals surface area contributed by atoms with Crippen LogP contribution in [0.25, 0.3) is 0 Å². The van der Waals surface area contributed by atoms with Crippen LogP contribution in [0.1, 0.15) is 38.5 Å². The van der Waals surface area contributed by atoms with E-state index in [1.807, 2.05) is 4.90 Å². The number of carbonyl (C=O) groups excluding carboxylic acids is 1. The second kappa shape index (κ2) is 5.15. The van der Waals surface area contributed by atoms with Gasteiger partial charge in [0.1, 0.15) is 0 Å². The molecule has 1 saturated carbocycles. The Bertz CT molecular complexity index is 257. The summed E-state index contributed by atoms with van der Waals surface area (Å²) in [7, 11) is 0. The Kier molecular flexibility index (Phi) is 3.82. The lowest BCUT2D eigenvalue weighted by molar-refractivity contribution is -0.138. The van der Waals surface area contributed by atoms with Crippen molar-refractivity contribution in [3.63, 3.8) is 0 Å². The molecule has 0 radical (unpaired) electrons. The Morgan fingerprint density at radius 2 is 2.12 bits per heavy atom. The van der Waals surface area contributed by atoms with E-state index < -0.39 is 0 Å². The third-order valence-electron chi connectivity index (χ3n) is 3.93. The van der Waals surface area contributed by atoms with Gasteiger partial charge in [0.25, 0.3) is 0 Å². The van der Waals surface area contributed by atoms with Gasteiger partial charge in [0.2, 0.25) is 5.91 Å². The van der Waals surface area contributed by atoms with E-state index in [2.05, 4.69) is 0 Å². The van der Waals surface area contributed by atoms with Gasteiger partial charge in [-0.3, -0.25) is 4.79 Å². The number of amides is 1. The molecule has 1 saturated heterocycles. The molecule has 0 aromatic rings. The number of likely N-dealkylation sites (tertiary alicyclic amines) is 1. The van der Waals surface area contributed by atoms with Crippen molar-refractivity contribution in [2.45, 2.75) is 50.6 Å². The van der Waals surface area contributed by atoms with Gasteiger partial charge in [0.05, 0.1) is 12.6 Å². The molecule has 3 unspecified atom stereocenters. The summed E-state index contributed by atoms with van der Waals surface area (Å²) in [5.74, 6) is 0.336. The third-order valence-corrected chi connectivity index (χ3v) is 3.93. The van der Waals surface area contributed by atoms with E-state index in [0.29, 0.717) is 0 Å². The van der Waals surface area contributed by atoms with E-state index in [0.717, 1.165) is 45.1 Å². The highest BCUT2D eigenvalue weighted by atomic mass is 16.3. The molecule has 3 N–H and O–H groups in total. The lowest BCUT2D eigenvalue weighted by atomic mass is 9.85. The number of hydrogen-bond donors (Lipinski definition) is 2. The van der Waals surface area contributed by atoms with Crippen molar-refractivity contribution in [1.82, 2.24) is 4.90 Å². The highest BCUT2D eigenvalue weighted by Crippen LogP contribution is 2.28. The van der Waals surface area contributed by atoms with Crippen molar-refractivity contribution in [2.24, 2.45) is 11.7 Å². The summed E-state index contributed by atoms with van der Waals surface area (Å²) < 4.78 is 0. The normalized spacial score (nSPS) is 35.4. The van der Waals surface area contributed by atoms with Crippen LogP contribution in [-0.4, -0.2) is 41.1 Å². The smallest absolute Gasteiger partial charge is 0.226 e. The van der Waals surface area contributed by atoms with Gasteiger partial charge < -0.3 is 15.7 Å². The van der Waals surface area contributed by atoms with Crippen molar-refractivity contribution >= 4 is 5.91 Å². The molecule has 1 heterocycles. The summed E-state index contributed by atoms with van der Waals surface area (Å²) in [6.07, 6.45) is 5.88. The van der Waals surface area contributed by atoms with E-state index in [9.17, 15) is 9.90 Å². The summed E-state index contributed by atoms with van der Waals surface area (Å²) in [4.78, 5) is 14.2. The molecule has 2 fully saturated rings. The number of nitrogens with two attached hydrogens (primary N) is 1. The van der Waals surface area contributed by atoms with E-state index in [1.54, 1.807) is 0 Å². The number of aliphatic hydroxyl groups excluding tert-OH is 1. The second-order valence-corrected chi connectivity index (χ2v) is 5.13. The molecule has 3 atom stereocenters. The van der Waals surface area contributed by atoms with Gasteiger partial charge in [-0.05, 0) is 32.1 Å². The fourth-order valence-electron chi connectivity index (χ4n) is 3.00. The molecular formula is C12H22N2O2. The van der Waals surface area contributed by atoms with E-state index in [1.165, 1.54) is 0 Å². The van der Waals surface area contributed by atoms with Gasteiger partial charge in [0, 0.05) is 18.5 Å². The predicted molar refractivity (Wildman–Crippen MR) is 61.8 cm³/mol. The fourth-order valence-corrected chi connectivity index (χ4v) is 3.00. The molecule has 2 rings (SSSR count). The van der Waals surface area contributed by atoms with Gasteiger partial charge >= 0.3 is 0 Å². The summed E-state index contributed by atoms with van der Waals surface area (Å²) in [6.45, 7) is 0.917. The van der Waals surface area contributed by atoms with Gasteiger partial charge in [0.15, 0.2) is 0 Å². The van der Waals surface area contributed by atoms with Crippen LogP contribution in [-0.2, 0) is 4.79 Å². The topological polar surface area (TPSA) is 66.6 Å². The van der Waals surface area contributed by atoms with Crippen LogP contribution in [0.4, 0.5) is 0 Å². The molecular weight excluding hydrogens is 204 g/mol. The molecule has 0 aromatic carbocycles. The zero-order valence-electron chi connectivity index (χ0n) is 9.77. The average molecular weight is 226 g/mol. The lowest BCUT2D eigenvalue weighted by Crippen LogP contribution is -2.44. The van der Waals surface area contributed by atoms with E-state index >= 15 is 0 Å². The van der Waals surface area contributed by atoms with E-state index in [-0.39, 0.29) is 30.5 Å². The van der Waals surface area contributed by atoms with Crippen LogP contribution in [0.5, 0.6) is 0 Å². The maximum atomic E-state index is 12.3. The van der Waals surface area contributed by atoms with Crippen LogP contribution in [0, 0.1) is 5.92 Å². The minimum Gasteiger partial charge on any atom is -0.394 e. The first-order valence-electron chi connectivity index (χ1n) is 6.39. The first kappa shape index (κ1) is 11.9. The third kappa shape index (κ3) is 2.38. The first-order chi connectivity index (χ1) is 7.72. The second-order valence-electron chi connectivity index (χ2n) is 5.13. The quantitative estimate of drug-likeness (QED) is 0.720. The van der Waals surface area contributed by atoms with Crippen LogP contribution in [0.15, 0.2) is 0 Å². The van der Waals surface area contributed by atoms with Gasteiger partial charge in [-0.15, -0.1) is 0 Å². The Hall–Kier alpha value is -0.610. The Labute approximate surface area is 96.8 Å². The standard InChI is InChI=1S/C12H22N2O2/c13-10-4-1-3-9(7-10)12(16)14-6-2-5-11(14)8-15/h9-11,15H,1-8,13H2. The molecule has 1 amide bonds. The molecule has 4 nitrogen and oxygen atoms in total. The number of aliphatic hydroxyl groups is 1. The molecule has 1 aliphatic heterocycles. The first-order valence-corrected chi connectivity index (χ1v) is 6.39. The molecule has 0 bridgehead atoms. The molecule has 16 heavy (non-hydrogen) atoms. The summed E-state index contributed by atoms with van der Waals surface area (Å²) in [5, 5.41) is 9.22. The Morgan fingerprint density at radius 3 is 2.81 bits per heavy atom. The van der Waals surface area contributed by atoms with Crippen molar-refractivity contribution < 1.29 is 9.90 Å². The number of nitrogens with zero attached hydrogens (tertiary/aromatic N) is 1. The van der Waals surface area contributed by atoms with Crippen molar-refractivity contribution in [3.8, 4) is 0 Å². The predicted octanol–water partition coefficient (Wildman–Crippen LogP) is 0.487. The molecule has 4 heteroatoms. The lowest BCUT2D eigenvalue weighted by Gasteiger charge is -2.31. The monoisotopic (exact) mass is 226 g/mol. The molecule has 92 valence electrons.